The number of allylic oxidation sites excluding steroid dienone is 1. The van der Waals surface area contributed by atoms with Crippen LogP contribution in [0.3, 0.4) is 0 Å². The zero-order valence-corrected chi connectivity index (χ0v) is 17.0. The van der Waals surface area contributed by atoms with E-state index in [2.05, 4.69) is 23.5 Å². The number of esters is 1. The highest BCUT2D eigenvalue weighted by Crippen LogP contribution is 2.37. The quantitative estimate of drug-likeness (QED) is 0.623. The van der Waals surface area contributed by atoms with Crippen molar-refractivity contribution in [2.45, 2.75) is 26.2 Å². The first-order valence-electron chi connectivity index (χ1n) is 10.3. The number of carbonyl (C=O) groups excluding carboxylic acids is 2. The van der Waals surface area contributed by atoms with E-state index in [0.29, 0.717) is 12.1 Å². The van der Waals surface area contributed by atoms with Crippen LogP contribution in [0, 0.1) is 0 Å². The summed E-state index contributed by atoms with van der Waals surface area (Å²) >= 11 is 0. The molecule has 0 saturated carbocycles. The van der Waals surface area contributed by atoms with E-state index >= 15 is 0 Å². The number of hydrogen-bond acceptors (Lipinski definition) is 4. The fourth-order valence-electron chi connectivity index (χ4n) is 3.78. The summed E-state index contributed by atoms with van der Waals surface area (Å²) in [4.78, 5) is 29.7. The van der Waals surface area contributed by atoms with Gasteiger partial charge in [0.2, 0.25) is 0 Å². The third kappa shape index (κ3) is 4.10. The van der Waals surface area contributed by atoms with Gasteiger partial charge in [-0.05, 0) is 48.1 Å². The maximum atomic E-state index is 13.0. The van der Waals surface area contributed by atoms with Crippen molar-refractivity contribution in [1.82, 2.24) is 10.3 Å². The van der Waals surface area contributed by atoms with E-state index in [1.165, 1.54) is 0 Å². The summed E-state index contributed by atoms with van der Waals surface area (Å²) in [7, 11) is 0. The normalized spacial score (nSPS) is 14.0. The lowest BCUT2D eigenvalue weighted by Gasteiger charge is -2.12. The molecule has 0 saturated heterocycles. The smallest absolute Gasteiger partial charge is 0.339 e. The van der Waals surface area contributed by atoms with Gasteiger partial charge in [-0.1, -0.05) is 55.5 Å². The number of carbonyl (C=O) groups is 2. The highest BCUT2D eigenvalue weighted by Gasteiger charge is 2.27. The molecule has 152 valence electrons. The lowest BCUT2D eigenvalue weighted by molar-refractivity contribution is -0.124. The molecule has 30 heavy (non-hydrogen) atoms. The number of nitrogens with one attached hydrogen (secondary N) is 1. The number of pyridine rings is 1. The van der Waals surface area contributed by atoms with Crippen molar-refractivity contribution in [3.05, 3.63) is 77.0 Å². The molecule has 1 aromatic heterocycles. The Bertz CT molecular complexity index is 1120. The van der Waals surface area contributed by atoms with Crippen LogP contribution in [0.25, 0.3) is 22.6 Å². The summed E-state index contributed by atoms with van der Waals surface area (Å²) < 4.78 is 5.38. The summed E-state index contributed by atoms with van der Waals surface area (Å²) in [5.41, 5.74) is 5.23. The molecule has 2 aromatic carbocycles. The molecule has 0 unspecified atom stereocenters. The Hall–Kier alpha value is -3.47. The first-order chi connectivity index (χ1) is 14.7. The Morgan fingerprint density at radius 2 is 1.83 bits per heavy atom. The van der Waals surface area contributed by atoms with Gasteiger partial charge in [0.15, 0.2) is 6.61 Å². The van der Waals surface area contributed by atoms with Gasteiger partial charge in [0.05, 0.1) is 16.8 Å². The molecule has 1 heterocycles. The van der Waals surface area contributed by atoms with Crippen molar-refractivity contribution in [2.75, 3.05) is 13.2 Å². The van der Waals surface area contributed by atoms with Crippen LogP contribution in [-0.2, 0) is 16.0 Å². The van der Waals surface area contributed by atoms with Crippen LogP contribution in [0.4, 0.5) is 0 Å². The third-order valence-corrected chi connectivity index (χ3v) is 5.19. The molecule has 0 fully saturated rings. The summed E-state index contributed by atoms with van der Waals surface area (Å²) in [5, 5.41) is 3.49. The number of para-hydroxylation sites is 1. The molecule has 0 spiro atoms. The Morgan fingerprint density at radius 3 is 2.63 bits per heavy atom. The van der Waals surface area contributed by atoms with Crippen molar-refractivity contribution in [2.24, 2.45) is 0 Å². The molecule has 5 heteroatoms. The molecule has 1 N–H and O–H groups in total. The maximum Gasteiger partial charge on any atom is 0.339 e. The van der Waals surface area contributed by atoms with Gasteiger partial charge in [-0.15, -0.1) is 0 Å². The number of ether oxygens (including phenoxy) is 1. The van der Waals surface area contributed by atoms with Crippen LogP contribution in [0.5, 0.6) is 0 Å². The highest BCUT2D eigenvalue weighted by atomic mass is 16.5. The van der Waals surface area contributed by atoms with E-state index in [4.69, 9.17) is 9.72 Å². The molecule has 1 amide bonds. The molecule has 4 rings (SSSR count). The number of nitrogens with zero attached hydrogens (tertiary/aromatic N) is 1. The predicted molar refractivity (Wildman–Crippen MR) is 118 cm³/mol. The first-order valence-corrected chi connectivity index (χ1v) is 10.3. The fourth-order valence-corrected chi connectivity index (χ4v) is 3.78. The van der Waals surface area contributed by atoms with Gasteiger partial charge in [0, 0.05) is 11.9 Å². The number of hydrogen-bond donors (Lipinski definition) is 1. The van der Waals surface area contributed by atoms with Gasteiger partial charge >= 0.3 is 5.97 Å². The first kappa shape index (κ1) is 19.8. The van der Waals surface area contributed by atoms with Crippen LogP contribution < -0.4 is 5.32 Å². The second-order valence-electron chi connectivity index (χ2n) is 7.34. The third-order valence-electron chi connectivity index (χ3n) is 5.19. The van der Waals surface area contributed by atoms with Gasteiger partial charge in [-0.2, -0.15) is 0 Å². The molecule has 0 bridgehead atoms. The molecule has 1 aliphatic rings. The van der Waals surface area contributed by atoms with Crippen LogP contribution in [-0.4, -0.2) is 30.0 Å². The van der Waals surface area contributed by atoms with Crippen molar-refractivity contribution < 1.29 is 14.3 Å². The van der Waals surface area contributed by atoms with E-state index in [1.807, 2.05) is 49.4 Å². The highest BCUT2D eigenvalue weighted by molar-refractivity contribution is 6.07. The number of rotatable bonds is 6. The van der Waals surface area contributed by atoms with Crippen LogP contribution in [0.15, 0.2) is 54.6 Å². The van der Waals surface area contributed by atoms with Crippen molar-refractivity contribution >= 4 is 34.4 Å². The zero-order chi connectivity index (χ0) is 20.9. The molecular formula is C25H24N2O3. The Labute approximate surface area is 175 Å². The van der Waals surface area contributed by atoms with Crippen molar-refractivity contribution in [1.29, 1.82) is 0 Å². The minimum absolute atomic E-state index is 0.281. The molecular weight excluding hydrogens is 376 g/mol. The van der Waals surface area contributed by atoms with E-state index in [0.717, 1.165) is 52.6 Å². The van der Waals surface area contributed by atoms with Crippen molar-refractivity contribution in [3.8, 4) is 0 Å². The van der Waals surface area contributed by atoms with E-state index < -0.39 is 5.97 Å². The molecule has 5 nitrogen and oxygen atoms in total. The number of amides is 1. The second kappa shape index (κ2) is 8.91. The molecule has 1 aliphatic carbocycles. The van der Waals surface area contributed by atoms with Crippen LogP contribution in [0.1, 0.15) is 46.9 Å². The molecule has 3 aromatic rings. The standard InChI is InChI=1S/C25H24N2O3/c1-2-14-26-22(28)16-30-25(29)23-19-10-6-7-11-21(19)27-24-18(12-13-20(23)24)15-17-8-4-3-5-9-17/h3-11,15H,2,12-14,16H2,1H3,(H,26,28)/b18-15+. The molecule has 0 aliphatic heterocycles. The van der Waals surface area contributed by atoms with Crippen LogP contribution >= 0.6 is 0 Å². The number of fused-ring (bicyclic) bond motifs is 2. The van der Waals surface area contributed by atoms with E-state index in [1.54, 1.807) is 0 Å². The van der Waals surface area contributed by atoms with Gasteiger partial charge in [-0.3, -0.25) is 4.79 Å². The lowest BCUT2D eigenvalue weighted by Crippen LogP contribution is -2.29. The largest absolute Gasteiger partial charge is 0.452 e. The van der Waals surface area contributed by atoms with Gasteiger partial charge in [0.1, 0.15) is 0 Å². The van der Waals surface area contributed by atoms with Gasteiger partial charge in [-0.25, -0.2) is 9.78 Å². The molecule has 0 atom stereocenters. The second-order valence-corrected chi connectivity index (χ2v) is 7.34. The van der Waals surface area contributed by atoms with E-state index in [9.17, 15) is 9.59 Å². The minimum atomic E-state index is -0.475. The molecule has 0 radical (unpaired) electrons. The van der Waals surface area contributed by atoms with E-state index in [-0.39, 0.29) is 12.5 Å². The summed E-state index contributed by atoms with van der Waals surface area (Å²) in [6, 6.07) is 17.7. The Balaban J connectivity index is 1.71. The predicted octanol–water partition coefficient (Wildman–Crippen LogP) is 4.40. The minimum Gasteiger partial charge on any atom is -0.452 e. The maximum absolute atomic E-state index is 13.0. The average Bonchev–Trinajstić information content (AvgIpc) is 3.17. The summed E-state index contributed by atoms with van der Waals surface area (Å²) in [6.07, 6.45) is 4.49. The fraction of sp³-hybridized carbons (Fsp3) is 0.240. The SMILES string of the molecule is CCCNC(=O)COC(=O)c1c2c(nc3ccccc13)/C(=C/c1ccccc1)CC2. The van der Waals surface area contributed by atoms with Crippen molar-refractivity contribution in [3.63, 3.8) is 0 Å². The zero-order valence-electron chi connectivity index (χ0n) is 17.0. The van der Waals surface area contributed by atoms with Gasteiger partial charge in [0.25, 0.3) is 5.91 Å². The van der Waals surface area contributed by atoms with Crippen LogP contribution in [0.2, 0.25) is 0 Å². The number of benzene rings is 2. The topological polar surface area (TPSA) is 68.3 Å². The van der Waals surface area contributed by atoms with Gasteiger partial charge < -0.3 is 10.1 Å². The lowest BCUT2D eigenvalue weighted by atomic mass is 10.0. The Kier molecular flexibility index (Phi) is 5.89. The summed E-state index contributed by atoms with van der Waals surface area (Å²) in [6.45, 7) is 2.26. The monoisotopic (exact) mass is 400 g/mol. The Morgan fingerprint density at radius 1 is 1.07 bits per heavy atom. The summed E-state index contributed by atoms with van der Waals surface area (Å²) in [5.74, 6) is -0.762. The number of aromatic nitrogens is 1. The average molecular weight is 400 g/mol.